The van der Waals surface area contributed by atoms with Crippen molar-refractivity contribution in [1.82, 2.24) is 10.6 Å². The number of amides is 2. The van der Waals surface area contributed by atoms with E-state index < -0.39 is 5.41 Å². The third kappa shape index (κ3) is 3.66. The van der Waals surface area contributed by atoms with Gasteiger partial charge >= 0.3 is 0 Å². The van der Waals surface area contributed by atoms with Gasteiger partial charge in [0.25, 0.3) is 0 Å². The fourth-order valence-electron chi connectivity index (χ4n) is 2.32. The number of carbonyl (C=O) groups is 2. The van der Waals surface area contributed by atoms with Crippen LogP contribution in [-0.4, -0.2) is 29.9 Å². The maximum absolute atomic E-state index is 12.2. The fraction of sp³-hybridized carbons (Fsp3) is 0.750. The molecule has 1 rings (SSSR count). The zero-order valence-electron chi connectivity index (χ0n) is 10.8. The highest BCUT2D eigenvalue weighted by atomic mass is 32.1. The molecular formula is C12H21N3O2S. The lowest BCUT2D eigenvalue weighted by atomic mass is 9.73. The Morgan fingerprint density at radius 3 is 2.22 bits per heavy atom. The molecule has 102 valence electrons. The summed E-state index contributed by atoms with van der Waals surface area (Å²) < 4.78 is 0. The summed E-state index contributed by atoms with van der Waals surface area (Å²) in [5.41, 5.74) is 5.08. The summed E-state index contributed by atoms with van der Waals surface area (Å²) in [5, 5.41) is 5.44. The Hall–Kier alpha value is -1.17. The molecule has 4 N–H and O–H groups in total. The molecule has 18 heavy (non-hydrogen) atoms. The number of rotatable bonds is 5. The predicted molar refractivity (Wildman–Crippen MR) is 74.0 cm³/mol. The van der Waals surface area contributed by atoms with Crippen molar-refractivity contribution >= 4 is 29.0 Å². The average molecular weight is 271 g/mol. The van der Waals surface area contributed by atoms with Gasteiger partial charge in [-0.2, -0.15) is 0 Å². The number of hydrogen-bond acceptors (Lipinski definition) is 3. The highest BCUT2D eigenvalue weighted by Gasteiger charge is 2.41. The first-order valence-electron chi connectivity index (χ1n) is 6.32. The Bertz CT molecular complexity index is 338. The van der Waals surface area contributed by atoms with Crippen molar-refractivity contribution in [3.05, 3.63) is 0 Å². The number of nitrogens with two attached hydrogens (primary N) is 1. The minimum atomic E-state index is -0.677. The van der Waals surface area contributed by atoms with E-state index in [1.54, 1.807) is 0 Å². The Labute approximate surface area is 113 Å². The SMILES string of the molecule is CC(=O)NCCNC(=O)C1(C(N)=S)CCCCC1. The van der Waals surface area contributed by atoms with Crippen molar-refractivity contribution in [3.63, 3.8) is 0 Å². The molecule has 0 saturated heterocycles. The van der Waals surface area contributed by atoms with Crippen LogP contribution in [0.5, 0.6) is 0 Å². The van der Waals surface area contributed by atoms with Crippen molar-refractivity contribution in [2.24, 2.45) is 11.1 Å². The predicted octanol–water partition coefficient (Wildman–Crippen LogP) is 0.475. The summed E-state index contributed by atoms with van der Waals surface area (Å²) in [6, 6.07) is 0. The smallest absolute Gasteiger partial charge is 0.233 e. The minimum absolute atomic E-state index is 0.0972. The van der Waals surface area contributed by atoms with Gasteiger partial charge in [0.2, 0.25) is 11.8 Å². The number of carbonyl (C=O) groups excluding carboxylic acids is 2. The molecule has 0 unspecified atom stereocenters. The van der Waals surface area contributed by atoms with Crippen molar-refractivity contribution in [1.29, 1.82) is 0 Å². The molecule has 0 aromatic carbocycles. The van der Waals surface area contributed by atoms with Crippen LogP contribution in [0.3, 0.4) is 0 Å². The van der Waals surface area contributed by atoms with Gasteiger partial charge in [0.1, 0.15) is 0 Å². The lowest BCUT2D eigenvalue weighted by Gasteiger charge is -2.34. The van der Waals surface area contributed by atoms with E-state index in [0.717, 1.165) is 32.1 Å². The molecule has 0 aromatic rings. The second kappa shape index (κ2) is 6.68. The van der Waals surface area contributed by atoms with Crippen molar-refractivity contribution in [2.45, 2.75) is 39.0 Å². The van der Waals surface area contributed by atoms with Crippen molar-refractivity contribution in [3.8, 4) is 0 Å². The molecular weight excluding hydrogens is 250 g/mol. The van der Waals surface area contributed by atoms with Crippen LogP contribution in [0.1, 0.15) is 39.0 Å². The van der Waals surface area contributed by atoms with Gasteiger partial charge in [-0.05, 0) is 12.8 Å². The third-order valence-electron chi connectivity index (χ3n) is 3.40. The van der Waals surface area contributed by atoms with Gasteiger partial charge in [0, 0.05) is 20.0 Å². The first kappa shape index (κ1) is 14.9. The number of hydrogen-bond donors (Lipinski definition) is 3. The summed E-state index contributed by atoms with van der Waals surface area (Å²) in [6.45, 7) is 2.27. The van der Waals surface area contributed by atoms with E-state index in [1.165, 1.54) is 6.92 Å². The van der Waals surface area contributed by atoms with Crippen LogP contribution in [0.15, 0.2) is 0 Å². The topological polar surface area (TPSA) is 84.2 Å². The molecule has 2 amide bonds. The molecule has 0 bridgehead atoms. The fourth-order valence-corrected chi connectivity index (χ4v) is 2.62. The summed E-state index contributed by atoms with van der Waals surface area (Å²) in [4.78, 5) is 23.2. The van der Waals surface area contributed by atoms with Gasteiger partial charge in [-0.1, -0.05) is 31.5 Å². The quantitative estimate of drug-likeness (QED) is 0.501. The van der Waals surface area contributed by atoms with E-state index in [9.17, 15) is 9.59 Å². The molecule has 1 fully saturated rings. The van der Waals surface area contributed by atoms with Gasteiger partial charge in [-0.3, -0.25) is 9.59 Å². The molecule has 1 aliphatic carbocycles. The Morgan fingerprint density at radius 2 is 1.72 bits per heavy atom. The highest BCUT2D eigenvalue weighted by Crippen LogP contribution is 2.36. The maximum Gasteiger partial charge on any atom is 0.233 e. The summed E-state index contributed by atoms with van der Waals surface area (Å²) in [6.07, 6.45) is 4.55. The van der Waals surface area contributed by atoms with Crippen molar-refractivity contribution in [2.75, 3.05) is 13.1 Å². The Kier molecular flexibility index (Phi) is 5.53. The van der Waals surface area contributed by atoms with Crippen LogP contribution >= 0.6 is 12.2 Å². The molecule has 0 heterocycles. The highest BCUT2D eigenvalue weighted by molar-refractivity contribution is 7.80. The van der Waals surface area contributed by atoms with Gasteiger partial charge in [0.15, 0.2) is 0 Å². The Morgan fingerprint density at radius 1 is 1.17 bits per heavy atom. The van der Waals surface area contributed by atoms with Gasteiger partial charge in [-0.25, -0.2) is 0 Å². The van der Waals surface area contributed by atoms with Crippen LogP contribution in [-0.2, 0) is 9.59 Å². The van der Waals surface area contributed by atoms with E-state index in [1.807, 2.05) is 0 Å². The molecule has 5 nitrogen and oxygen atoms in total. The summed E-state index contributed by atoms with van der Waals surface area (Å²) >= 11 is 5.07. The van der Waals surface area contributed by atoms with Gasteiger partial charge < -0.3 is 16.4 Å². The van der Waals surface area contributed by atoms with E-state index in [-0.39, 0.29) is 11.8 Å². The first-order valence-corrected chi connectivity index (χ1v) is 6.72. The summed E-state index contributed by atoms with van der Waals surface area (Å²) in [7, 11) is 0. The van der Waals surface area contributed by atoms with E-state index in [4.69, 9.17) is 18.0 Å². The van der Waals surface area contributed by atoms with E-state index >= 15 is 0 Å². The Balaban J connectivity index is 2.50. The largest absolute Gasteiger partial charge is 0.392 e. The third-order valence-corrected chi connectivity index (χ3v) is 3.79. The molecule has 0 atom stereocenters. The molecule has 1 aliphatic rings. The molecule has 1 saturated carbocycles. The molecule has 0 radical (unpaired) electrons. The normalized spacial score (nSPS) is 17.8. The molecule has 0 spiro atoms. The van der Waals surface area contributed by atoms with E-state index in [2.05, 4.69) is 10.6 Å². The summed E-state index contributed by atoms with van der Waals surface area (Å²) in [5.74, 6) is -0.203. The number of nitrogens with one attached hydrogen (secondary N) is 2. The van der Waals surface area contributed by atoms with E-state index in [0.29, 0.717) is 18.1 Å². The zero-order chi connectivity index (χ0) is 13.6. The standard InChI is InChI=1S/C12H21N3O2S/c1-9(16)14-7-8-15-11(17)12(10(13)18)5-3-2-4-6-12/h2-8H2,1H3,(H2,13,18)(H,14,16)(H,15,17). The second-order valence-corrected chi connectivity index (χ2v) is 5.19. The molecule has 6 heteroatoms. The average Bonchev–Trinajstić information content (AvgIpc) is 2.34. The lowest BCUT2D eigenvalue weighted by molar-refractivity contribution is -0.129. The minimum Gasteiger partial charge on any atom is -0.392 e. The van der Waals surface area contributed by atoms with Crippen LogP contribution in [0, 0.1) is 5.41 Å². The lowest BCUT2D eigenvalue weighted by Crippen LogP contribution is -2.51. The van der Waals surface area contributed by atoms with Crippen LogP contribution in [0.2, 0.25) is 0 Å². The van der Waals surface area contributed by atoms with Crippen molar-refractivity contribution < 1.29 is 9.59 Å². The van der Waals surface area contributed by atoms with Crippen LogP contribution in [0.25, 0.3) is 0 Å². The second-order valence-electron chi connectivity index (χ2n) is 4.75. The van der Waals surface area contributed by atoms with Gasteiger partial charge in [-0.15, -0.1) is 0 Å². The maximum atomic E-state index is 12.2. The number of thiocarbonyl (C=S) groups is 1. The van der Waals surface area contributed by atoms with Gasteiger partial charge in [0.05, 0.1) is 10.4 Å². The monoisotopic (exact) mass is 271 g/mol. The molecule has 0 aliphatic heterocycles. The molecule has 0 aromatic heterocycles. The first-order chi connectivity index (χ1) is 8.49. The zero-order valence-corrected chi connectivity index (χ0v) is 11.6. The van der Waals surface area contributed by atoms with Crippen LogP contribution in [0.4, 0.5) is 0 Å². The van der Waals surface area contributed by atoms with Crippen LogP contribution < -0.4 is 16.4 Å².